The lowest BCUT2D eigenvalue weighted by atomic mass is 10.1. The average Bonchev–Trinajstić information content (AvgIpc) is 2.60. The Kier molecular flexibility index (Phi) is 2.78. The van der Waals surface area contributed by atoms with Crippen molar-refractivity contribution in [1.29, 1.82) is 0 Å². The molecule has 0 aliphatic heterocycles. The molecule has 1 unspecified atom stereocenters. The van der Waals surface area contributed by atoms with Crippen molar-refractivity contribution in [3.63, 3.8) is 0 Å². The lowest BCUT2D eigenvalue weighted by Crippen LogP contribution is -2.08. The molecule has 0 amide bonds. The van der Waals surface area contributed by atoms with E-state index in [0.29, 0.717) is 0 Å². The number of hydrogen-bond donors (Lipinski definition) is 1. The number of rotatable bonds is 3. The molecule has 1 aliphatic rings. The van der Waals surface area contributed by atoms with Gasteiger partial charge >= 0.3 is 0 Å². The summed E-state index contributed by atoms with van der Waals surface area (Å²) >= 11 is 0. The van der Waals surface area contributed by atoms with E-state index < -0.39 is 0 Å². The lowest BCUT2D eigenvalue weighted by Gasteiger charge is -2.12. The summed E-state index contributed by atoms with van der Waals surface area (Å²) in [5.41, 5.74) is 8.57. The van der Waals surface area contributed by atoms with Gasteiger partial charge in [0, 0.05) is 6.04 Å². The third kappa shape index (κ3) is 2.05. The van der Waals surface area contributed by atoms with Gasteiger partial charge in [-0.1, -0.05) is 18.7 Å². The minimum atomic E-state index is 0.0538. The van der Waals surface area contributed by atoms with Crippen LogP contribution in [0.25, 0.3) is 0 Å². The molecule has 0 aromatic heterocycles. The van der Waals surface area contributed by atoms with E-state index >= 15 is 0 Å². The number of nitrogens with two attached hydrogens (primary N) is 1. The Labute approximate surface area is 90.7 Å². The number of ether oxygens (including phenoxy) is 1. The fraction of sp³-hybridized carbons (Fsp3) is 0.385. The number of hydrogen-bond acceptors (Lipinski definition) is 2. The smallest absolute Gasteiger partial charge is 0.120 e. The Balaban J connectivity index is 2.19. The first-order valence-corrected chi connectivity index (χ1v) is 5.38. The SMILES string of the molecule is C=CC(C)Oc1ccc2c(c1)CC[C@H]2N. The Morgan fingerprint density at radius 1 is 1.60 bits per heavy atom. The Hall–Kier alpha value is -1.28. The van der Waals surface area contributed by atoms with Gasteiger partial charge in [-0.05, 0) is 43.0 Å². The van der Waals surface area contributed by atoms with Gasteiger partial charge in [0.15, 0.2) is 0 Å². The summed E-state index contributed by atoms with van der Waals surface area (Å²) in [6.07, 6.45) is 3.96. The molecule has 2 atom stereocenters. The van der Waals surface area contributed by atoms with Gasteiger partial charge in [-0.3, -0.25) is 0 Å². The maximum atomic E-state index is 5.97. The van der Waals surface area contributed by atoms with Crippen LogP contribution in [0.3, 0.4) is 0 Å². The Morgan fingerprint density at radius 2 is 2.40 bits per heavy atom. The van der Waals surface area contributed by atoms with Crippen LogP contribution in [0.4, 0.5) is 0 Å². The molecule has 2 nitrogen and oxygen atoms in total. The van der Waals surface area contributed by atoms with Crippen molar-refractivity contribution in [3.05, 3.63) is 42.0 Å². The first-order valence-electron chi connectivity index (χ1n) is 5.38. The van der Waals surface area contributed by atoms with Gasteiger partial charge in [-0.25, -0.2) is 0 Å². The van der Waals surface area contributed by atoms with Crippen molar-refractivity contribution in [2.24, 2.45) is 5.73 Å². The van der Waals surface area contributed by atoms with E-state index in [1.165, 1.54) is 11.1 Å². The van der Waals surface area contributed by atoms with Crippen LogP contribution in [-0.4, -0.2) is 6.10 Å². The second-order valence-corrected chi connectivity index (χ2v) is 4.06. The topological polar surface area (TPSA) is 35.2 Å². The molecular weight excluding hydrogens is 186 g/mol. The molecule has 80 valence electrons. The molecule has 0 radical (unpaired) electrons. The quantitative estimate of drug-likeness (QED) is 0.766. The van der Waals surface area contributed by atoms with Crippen LogP contribution < -0.4 is 10.5 Å². The summed E-state index contributed by atoms with van der Waals surface area (Å²) in [6, 6.07) is 6.38. The number of benzene rings is 1. The maximum absolute atomic E-state index is 5.97. The van der Waals surface area contributed by atoms with Crippen molar-refractivity contribution < 1.29 is 4.74 Å². The fourth-order valence-electron chi connectivity index (χ4n) is 1.96. The lowest BCUT2D eigenvalue weighted by molar-refractivity contribution is 0.270. The van der Waals surface area contributed by atoms with Crippen LogP contribution in [0.2, 0.25) is 0 Å². The zero-order valence-corrected chi connectivity index (χ0v) is 9.07. The van der Waals surface area contributed by atoms with Crippen molar-refractivity contribution in [2.45, 2.75) is 31.9 Å². The highest BCUT2D eigenvalue weighted by Gasteiger charge is 2.19. The molecule has 2 N–H and O–H groups in total. The fourth-order valence-corrected chi connectivity index (χ4v) is 1.96. The van der Waals surface area contributed by atoms with Gasteiger partial charge in [0.2, 0.25) is 0 Å². The standard InChI is InChI=1S/C13H17NO/c1-3-9(2)15-11-5-6-12-10(8-11)4-7-13(12)14/h3,5-6,8-9,13H,1,4,7,14H2,2H3/t9?,13-/m1/s1. The Bertz CT molecular complexity index is 373. The van der Waals surface area contributed by atoms with E-state index in [9.17, 15) is 0 Å². The molecular formula is C13H17NO. The van der Waals surface area contributed by atoms with E-state index in [1.807, 2.05) is 13.0 Å². The van der Waals surface area contributed by atoms with Gasteiger partial charge in [0.1, 0.15) is 11.9 Å². The van der Waals surface area contributed by atoms with Crippen molar-refractivity contribution in [1.82, 2.24) is 0 Å². The molecule has 0 heterocycles. The summed E-state index contributed by atoms with van der Waals surface area (Å²) in [7, 11) is 0. The summed E-state index contributed by atoms with van der Waals surface area (Å²) < 4.78 is 5.67. The minimum Gasteiger partial charge on any atom is -0.487 e. The molecule has 0 spiro atoms. The number of aryl methyl sites for hydroxylation is 1. The van der Waals surface area contributed by atoms with E-state index in [0.717, 1.165) is 18.6 Å². The van der Waals surface area contributed by atoms with Crippen LogP contribution in [-0.2, 0) is 6.42 Å². The van der Waals surface area contributed by atoms with Crippen molar-refractivity contribution in [3.8, 4) is 5.75 Å². The summed E-state index contributed by atoms with van der Waals surface area (Å²) in [5.74, 6) is 0.912. The predicted molar refractivity (Wildman–Crippen MR) is 62.0 cm³/mol. The van der Waals surface area contributed by atoms with Gasteiger partial charge in [-0.15, -0.1) is 0 Å². The van der Waals surface area contributed by atoms with Gasteiger partial charge in [0.05, 0.1) is 0 Å². The third-order valence-electron chi connectivity index (χ3n) is 2.89. The zero-order valence-electron chi connectivity index (χ0n) is 9.07. The van der Waals surface area contributed by atoms with Crippen molar-refractivity contribution >= 4 is 0 Å². The molecule has 0 bridgehead atoms. The summed E-state index contributed by atoms with van der Waals surface area (Å²) in [6.45, 7) is 5.67. The summed E-state index contributed by atoms with van der Waals surface area (Å²) in [5, 5.41) is 0. The molecule has 1 aromatic rings. The zero-order chi connectivity index (χ0) is 10.8. The summed E-state index contributed by atoms with van der Waals surface area (Å²) in [4.78, 5) is 0. The molecule has 1 aromatic carbocycles. The first-order chi connectivity index (χ1) is 7.20. The highest BCUT2D eigenvalue weighted by molar-refractivity contribution is 5.40. The van der Waals surface area contributed by atoms with Gasteiger partial charge in [-0.2, -0.15) is 0 Å². The van der Waals surface area contributed by atoms with Gasteiger partial charge in [0.25, 0.3) is 0 Å². The third-order valence-corrected chi connectivity index (χ3v) is 2.89. The van der Waals surface area contributed by atoms with Crippen LogP contribution >= 0.6 is 0 Å². The number of fused-ring (bicyclic) bond motifs is 1. The molecule has 0 saturated carbocycles. The molecule has 2 rings (SSSR count). The van der Waals surface area contributed by atoms with Crippen LogP contribution in [0, 0.1) is 0 Å². The molecule has 15 heavy (non-hydrogen) atoms. The highest BCUT2D eigenvalue weighted by Crippen LogP contribution is 2.32. The van der Waals surface area contributed by atoms with Crippen LogP contribution in [0.5, 0.6) is 5.75 Å². The van der Waals surface area contributed by atoms with E-state index in [-0.39, 0.29) is 12.1 Å². The highest BCUT2D eigenvalue weighted by atomic mass is 16.5. The maximum Gasteiger partial charge on any atom is 0.120 e. The molecule has 2 heteroatoms. The molecule has 0 fully saturated rings. The normalized spacial score (nSPS) is 20.8. The van der Waals surface area contributed by atoms with E-state index in [2.05, 4.69) is 18.7 Å². The van der Waals surface area contributed by atoms with E-state index in [4.69, 9.17) is 10.5 Å². The monoisotopic (exact) mass is 203 g/mol. The second-order valence-electron chi connectivity index (χ2n) is 4.06. The first kappa shape index (κ1) is 10.2. The largest absolute Gasteiger partial charge is 0.487 e. The second kappa shape index (κ2) is 4.07. The Morgan fingerprint density at radius 3 is 3.13 bits per heavy atom. The predicted octanol–water partition coefficient (Wildman–Crippen LogP) is 2.59. The minimum absolute atomic E-state index is 0.0538. The average molecular weight is 203 g/mol. The molecule has 1 aliphatic carbocycles. The van der Waals surface area contributed by atoms with Crippen molar-refractivity contribution in [2.75, 3.05) is 0 Å². The van der Waals surface area contributed by atoms with Crippen LogP contribution in [0.1, 0.15) is 30.5 Å². The van der Waals surface area contributed by atoms with Crippen LogP contribution in [0.15, 0.2) is 30.9 Å². The van der Waals surface area contributed by atoms with E-state index in [1.54, 1.807) is 6.08 Å². The van der Waals surface area contributed by atoms with Gasteiger partial charge < -0.3 is 10.5 Å². The molecule has 0 saturated heterocycles.